The van der Waals surface area contributed by atoms with Crippen LogP contribution in [-0.4, -0.2) is 32.0 Å². The van der Waals surface area contributed by atoms with Crippen LogP contribution in [0.5, 0.6) is 0 Å². The largest absolute Gasteiger partial charge is 0.378 e. The van der Waals surface area contributed by atoms with E-state index in [1.807, 2.05) is 43.3 Å². The second kappa shape index (κ2) is 6.64. The molecule has 0 unspecified atom stereocenters. The van der Waals surface area contributed by atoms with Crippen molar-refractivity contribution in [2.45, 2.75) is 6.54 Å². The van der Waals surface area contributed by atoms with E-state index in [1.54, 1.807) is 36.2 Å². The molecule has 0 radical (unpaired) electrons. The highest BCUT2D eigenvalue weighted by Crippen LogP contribution is 2.16. The number of hydrogen-bond acceptors (Lipinski definition) is 2. The van der Waals surface area contributed by atoms with E-state index in [0.29, 0.717) is 17.1 Å². The van der Waals surface area contributed by atoms with Gasteiger partial charge >= 0.3 is 0 Å². The van der Waals surface area contributed by atoms with Gasteiger partial charge in [-0.05, 0) is 35.9 Å². The van der Waals surface area contributed by atoms with Crippen LogP contribution >= 0.6 is 11.6 Å². The van der Waals surface area contributed by atoms with Gasteiger partial charge in [0.15, 0.2) is 0 Å². The first-order valence-electron chi connectivity index (χ1n) is 6.74. The molecule has 1 amide bonds. The molecular weight excluding hydrogens is 284 g/mol. The highest BCUT2D eigenvalue weighted by atomic mass is 35.5. The molecule has 0 aromatic heterocycles. The smallest absolute Gasteiger partial charge is 0.253 e. The molecular formula is C17H19ClN2O. The van der Waals surface area contributed by atoms with Crippen LogP contribution < -0.4 is 4.90 Å². The summed E-state index contributed by atoms with van der Waals surface area (Å²) in [7, 11) is 5.80. The van der Waals surface area contributed by atoms with Crippen molar-refractivity contribution in [3.63, 3.8) is 0 Å². The number of anilines is 1. The topological polar surface area (TPSA) is 23.6 Å². The zero-order valence-electron chi connectivity index (χ0n) is 12.5. The normalized spacial score (nSPS) is 10.3. The van der Waals surface area contributed by atoms with Crippen LogP contribution in [0.3, 0.4) is 0 Å². The number of carbonyl (C=O) groups is 1. The number of amides is 1. The van der Waals surface area contributed by atoms with E-state index in [-0.39, 0.29) is 5.91 Å². The van der Waals surface area contributed by atoms with Gasteiger partial charge in [0.1, 0.15) is 0 Å². The van der Waals surface area contributed by atoms with Crippen molar-refractivity contribution in [3.05, 3.63) is 64.7 Å². The Morgan fingerprint density at radius 3 is 2.29 bits per heavy atom. The summed E-state index contributed by atoms with van der Waals surface area (Å²) in [6.07, 6.45) is 0. The summed E-state index contributed by atoms with van der Waals surface area (Å²) >= 11 is 5.93. The van der Waals surface area contributed by atoms with E-state index in [9.17, 15) is 4.79 Å². The van der Waals surface area contributed by atoms with Gasteiger partial charge < -0.3 is 9.80 Å². The van der Waals surface area contributed by atoms with Gasteiger partial charge in [-0.15, -0.1) is 0 Å². The fraction of sp³-hybridized carbons (Fsp3) is 0.235. The van der Waals surface area contributed by atoms with Crippen molar-refractivity contribution < 1.29 is 4.79 Å². The monoisotopic (exact) mass is 302 g/mol. The third kappa shape index (κ3) is 3.99. The third-order valence-electron chi connectivity index (χ3n) is 3.29. The van der Waals surface area contributed by atoms with Gasteiger partial charge in [-0.3, -0.25) is 4.79 Å². The van der Waals surface area contributed by atoms with Crippen LogP contribution in [0.2, 0.25) is 5.02 Å². The first-order valence-corrected chi connectivity index (χ1v) is 7.12. The quantitative estimate of drug-likeness (QED) is 0.860. The van der Waals surface area contributed by atoms with E-state index >= 15 is 0 Å². The second-order valence-corrected chi connectivity index (χ2v) is 5.67. The van der Waals surface area contributed by atoms with E-state index in [4.69, 9.17) is 11.6 Å². The molecule has 0 saturated heterocycles. The Bertz CT molecular complexity index is 623. The Labute approximate surface area is 130 Å². The van der Waals surface area contributed by atoms with Gasteiger partial charge in [0.25, 0.3) is 5.91 Å². The lowest BCUT2D eigenvalue weighted by atomic mass is 10.1. The summed E-state index contributed by atoms with van der Waals surface area (Å²) < 4.78 is 0. The Hall–Kier alpha value is -2.00. The fourth-order valence-electron chi connectivity index (χ4n) is 2.09. The lowest BCUT2D eigenvalue weighted by Crippen LogP contribution is -2.26. The summed E-state index contributed by atoms with van der Waals surface area (Å²) in [5, 5.41) is 0.574. The first-order chi connectivity index (χ1) is 9.97. The Balaban J connectivity index is 2.07. The lowest BCUT2D eigenvalue weighted by molar-refractivity contribution is 0.0785. The average Bonchev–Trinajstić information content (AvgIpc) is 2.47. The van der Waals surface area contributed by atoms with Crippen LogP contribution in [0.4, 0.5) is 5.69 Å². The Kier molecular flexibility index (Phi) is 4.86. The maximum absolute atomic E-state index is 12.3. The molecule has 0 spiro atoms. The summed E-state index contributed by atoms with van der Waals surface area (Å²) in [4.78, 5) is 16.1. The van der Waals surface area contributed by atoms with Gasteiger partial charge in [-0.25, -0.2) is 0 Å². The Morgan fingerprint density at radius 1 is 1.05 bits per heavy atom. The van der Waals surface area contributed by atoms with Crippen molar-refractivity contribution in [2.24, 2.45) is 0 Å². The molecule has 0 aliphatic rings. The standard InChI is InChI=1S/C17H19ClN2O/c1-19(2)16-9-7-13(8-10-16)12-20(3)17(21)14-5-4-6-15(18)11-14/h4-11H,12H2,1-3H3. The van der Waals surface area contributed by atoms with Gasteiger partial charge in [0, 0.05) is 44.0 Å². The van der Waals surface area contributed by atoms with Crippen LogP contribution in [0.25, 0.3) is 0 Å². The van der Waals surface area contributed by atoms with E-state index in [0.717, 1.165) is 11.3 Å². The van der Waals surface area contributed by atoms with E-state index in [2.05, 4.69) is 0 Å². The van der Waals surface area contributed by atoms with Gasteiger partial charge in [-0.2, -0.15) is 0 Å². The number of hydrogen-bond donors (Lipinski definition) is 0. The van der Waals surface area contributed by atoms with Crippen LogP contribution in [-0.2, 0) is 6.54 Å². The summed E-state index contributed by atoms with van der Waals surface area (Å²) in [5.41, 5.74) is 2.84. The molecule has 0 saturated carbocycles. The molecule has 21 heavy (non-hydrogen) atoms. The van der Waals surface area contributed by atoms with Crippen molar-refractivity contribution >= 4 is 23.2 Å². The molecule has 0 atom stereocenters. The summed E-state index contributed by atoms with van der Waals surface area (Å²) in [5.74, 6) is -0.0332. The second-order valence-electron chi connectivity index (χ2n) is 5.23. The minimum Gasteiger partial charge on any atom is -0.378 e. The predicted molar refractivity (Wildman–Crippen MR) is 88.0 cm³/mol. The molecule has 2 aromatic rings. The number of halogens is 1. The summed E-state index contributed by atoms with van der Waals surface area (Å²) in [6.45, 7) is 0.569. The lowest BCUT2D eigenvalue weighted by Gasteiger charge is -2.18. The van der Waals surface area contributed by atoms with Gasteiger partial charge in [0.2, 0.25) is 0 Å². The maximum Gasteiger partial charge on any atom is 0.253 e. The van der Waals surface area contributed by atoms with Crippen LogP contribution in [0.15, 0.2) is 48.5 Å². The molecule has 0 heterocycles. The molecule has 2 aromatic carbocycles. The molecule has 0 aliphatic heterocycles. The highest BCUT2D eigenvalue weighted by molar-refractivity contribution is 6.30. The van der Waals surface area contributed by atoms with Crippen molar-refractivity contribution in [1.29, 1.82) is 0 Å². The molecule has 0 N–H and O–H groups in total. The molecule has 0 aliphatic carbocycles. The molecule has 2 rings (SSSR count). The number of rotatable bonds is 4. The van der Waals surface area contributed by atoms with Crippen LogP contribution in [0.1, 0.15) is 15.9 Å². The van der Waals surface area contributed by atoms with Crippen molar-refractivity contribution in [3.8, 4) is 0 Å². The zero-order chi connectivity index (χ0) is 15.4. The number of benzene rings is 2. The molecule has 3 nitrogen and oxygen atoms in total. The number of carbonyl (C=O) groups excluding carboxylic acids is 1. The SMILES string of the molecule is CN(Cc1ccc(N(C)C)cc1)C(=O)c1cccc(Cl)c1. The number of nitrogens with zero attached hydrogens (tertiary/aromatic N) is 2. The first kappa shape index (κ1) is 15.4. The molecule has 110 valence electrons. The zero-order valence-corrected chi connectivity index (χ0v) is 13.3. The Morgan fingerprint density at radius 2 is 1.71 bits per heavy atom. The molecule has 4 heteroatoms. The fourth-order valence-corrected chi connectivity index (χ4v) is 2.28. The maximum atomic E-state index is 12.3. The minimum atomic E-state index is -0.0332. The molecule has 0 fully saturated rings. The third-order valence-corrected chi connectivity index (χ3v) is 3.53. The van der Waals surface area contributed by atoms with Crippen LogP contribution in [0, 0.1) is 0 Å². The van der Waals surface area contributed by atoms with E-state index in [1.165, 1.54) is 0 Å². The van der Waals surface area contributed by atoms with E-state index < -0.39 is 0 Å². The predicted octanol–water partition coefficient (Wildman–Crippen LogP) is 3.68. The van der Waals surface area contributed by atoms with Crippen molar-refractivity contribution in [1.82, 2.24) is 4.90 Å². The molecule has 0 bridgehead atoms. The highest BCUT2D eigenvalue weighted by Gasteiger charge is 2.12. The van der Waals surface area contributed by atoms with Crippen molar-refractivity contribution in [2.75, 3.05) is 26.0 Å². The average molecular weight is 303 g/mol. The summed E-state index contributed by atoms with van der Waals surface area (Å²) in [6, 6.07) is 15.2. The van der Waals surface area contributed by atoms with Gasteiger partial charge in [-0.1, -0.05) is 29.8 Å². The minimum absolute atomic E-state index is 0.0332. The van der Waals surface area contributed by atoms with Gasteiger partial charge in [0.05, 0.1) is 0 Å².